The van der Waals surface area contributed by atoms with Crippen LogP contribution in [0.2, 0.25) is 5.02 Å². The highest BCUT2D eigenvalue weighted by Gasteiger charge is 2.23. The average Bonchev–Trinajstić information content (AvgIpc) is 2.49. The molecule has 0 saturated carbocycles. The van der Waals surface area contributed by atoms with E-state index >= 15 is 0 Å². The van der Waals surface area contributed by atoms with Gasteiger partial charge in [0.15, 0.2) is 5.70 Å². The number of nitrogens with one attached hydrogen (secondary N) is 1. The molecule has 0 atom stereocenters. The minimum absolute atomic E-state index is 0.0528. The molecule has 2 rings (SSSR count). The Morgan fingerprint density at radius 2 is 2.17 bits per heavy atom. The first-order chi connectivity index (χ1) is 10.9. The first-order valence-corrected chi connectivity index (χ1v) is 7.29. The maximum atomic E-state index is 11.6. The Morgan fingerprint density at radius 1 is 1.43 bits per heavy atom. The lowest BCUT2D eigenvalue weighted by molar-refractivity contribution is -0.134. The maximum absolute atomic E-state index is 11.6. The van der Waals surface area contributed by atoms with Gasteiger partial charge in [-0.1, -0.05) is 30.3 Å². The fraction of sp³-hybridized carbons (Fsp3) is 0.118. The van der Waals surface area contributed by atoms with Crippen LogP contribution in [0.4, 0.5) is 0 Å². The number of allylic oxidation sites excluding steroid dienone is 3. The van der Waals surface area contributed by atoms with Crippen molar-refractivity contribution in [2.24, 2.45) is 0 Å². The van der Waals surface area contributed by atoms with Gasteiger partial charge < -0.3 is 20.4 Å². The van der Waals surface area contributed by atoms with E-state index in [4.69, 9.17) is 11.6 Å². The maximum Gasteiger partial charge on any atom is 0.355 e. The number of carboxylic acids is 1. The Kier molecular flexibility index (Phi) is 5.13. The van der Waals surface area contributed by atoms with Crippen LogP contribution < -0.4 is 5.32 Å². The number of halogens is 1. The van der Waals surface area contributed by atoms with E-state index in [2.05, 4.69) is 11.9 Å². The van der Waals surface area contributed by atoms with Gasteiger partial charge in [-0.3, -0.25) is 0 Å². The van der Waals surface area contributed by atoms with Crippen molar-refractivity contribution in [2.75, 3.05) is 0 Å². The molecule has 0 aliphatic carbocycles. The molecule has 6 heteroatoms. The second-order valence-electron chi connectivity index (χ2n) is 4.87. The third kappa shape index (κ3) is 3.76. The Labute approximate surface area is 139 Å². The predicted octanol–water partition coefficient (Wildman–Crippen LogP) is 3.35. The molecule has 1 aromatic carbocycles. The zero-order valence-corrected chi connectivity index (χ0v) is 13.3. The summed E-state index contributed by atoms with van der Waals surface area (Å²) >= 11 is 5.80. The van der Waals surface area contributed by atoms with Gasteiger partial charge in [-0.2, -0.15) is 0 Å². The number of carboxylic acid groups (broad SMARTS) is 1. The lowest BCUT2D eigenvalue weighted by Crippen LogP contribution is -2.29. The Bertz CT molecular complexity index is 735. The third-order valence-corrected chi connectivity index (χ3v) is 3.50. The highest BCUT2D eigenvalue weighted by molar-refractivity contribution is 6.30. The molecule has 1 aliphatic rings. The van der Waals surface area contributed by atoms with Crippen LogP contribution in [0.3, 0.4) is 0 Å². The molecule has 0 spiro atoms. The zero-order valence-electron chi connectivity index (χ0n) is 12.6. The van der Waals surface area contributed by atoms with Crippen molar-refractivity contribution < 1.29 is 15.0 Å². The van der Waals surface area contributed by atoms with Gasteiger partial charge in [-0.15, -0.1) is 0 Å². The number of carbonyl (C=O) groups is 1. The van der Waals surface area contributed by atoms with E-state index in [9.17, 15) is 15.0 Å². The fourth-order valence-electron chi connectivity index (χ4n) is 2.17. The van der Waals surface area contributed by atoms with Crippen molar-refractivity contribution in [3.8, 4) is 5.75 Å². The van der Waals surface area contributed by atoms with E-state index in [1.807, 2.05) is 0 Å². The van der Waals surface area contributed by atoms with Gasteiger partial charge in [0, 0.05) is 29.0 Å². The molecule has 0 radical (unpaired) electrons. The van der Waals surface area contributed by atoms with Crippen LogP contribution >= 0.6 is 11.6 Å². The molecular weight excluding hydrogens is 316 g/mol. The largest absolute Gasteiger partial charge is 0.508 e. The summed E-state index contributed by atoms with van der Waals surface area (Å²) in [5, 5.41) is 22.8. The van der Waals surface area contributed by atoms with Crippen LogP contribution in [0, 0.1) is 0 Å². The van der Waals surface area contributed by atoms with Crippen LogP contribution in [-0.4, -0.2) is 21.1 Å². The summed E-state index contributed by atoms with van der Waals surface area (Å²) in [5.74, 6) is -1.02. The summed E-state index contributed by atoms with van der Waals surface area (Å²) in [6.45, 7) is 5.89. The summed E-state index contributed by atoms with van der Waals surface area (Å²) < 4.78 is 0. The number of rotatable bonds is 5. The van der Waals surface area contributed by atoms with Crippen molar-refractivity contribution in [3.05, 3.63) is 76.9 Å². The molecule has 0 amide bonds. The topological polar surface area (TPSA) is 72.8 Å². The van der Waals surface area contributed by atoms with E-state index in [1.165, 1.54) is 11.0 Å². The molecular formula is C17H17ClN2O3. The van der Waals surface area contributed by atoms with Crippen LogP contribution in [0.25, 0.3) is 0 Å². The minimum atomic E-state index is -1.07. The van der Waals surface area contributed by atoms with Crippen molar-refractivity contribution in [2.45, 2.75) is 13.5 Å². The van der Waals surface area contributed by atoms with E-state index in [-0.39, 0.29) is 18.0 Å². The summed E-state index contributed by atoms with van der Waals surface area (Å²) in [7, 11) is 0. The molecule has 1 aromatic rings. The van der Waals surface area contributed by atoms with E-state index in [1.54, 1.807) is 43.5 Å². The third-order valence-electron chi connectivity index (χ3n) is 3.27. The van der Waals surface area contributed by atoms with Gasteiger partial charge in [0.25, 0.3) is 0 Å². The minimum Gasteiger partial charge on any atom is -0.508 e. The molecule has 5 nitrogen and oxygen atoms in total. The molecule has 120 valence electrons. The van der Waals surface area contributed by atoms with Crippen molar-refractivity contribution in [1.82, 2.24) is 10.2 Å². The smallest absolute Gasteiger partial charge is 0.355 e. The number of phenols is 1. The van der Waals surface area contributed by atoms with Gasteiger partial charge in [-0.05, 0) is 31.2 Å². The molecule has 3 N–H and O–H groups in total. The zero-order chi connectivity index (χ0) is 17.0. The SMILES string of the molecule is C=C1C=CC(NCc2ccc(Cl)cc2O)=C(C(=O)O)N1/C=C\C. The molecule has 0 saturated heterocycles. The van der Waals surface area contributed by atoms with Crippen LogP contribution in [0.1, 0.15) is 12.5 Å². The highest BCUT2D eigenvalue weighted by Crippen LogP contribution is 2.25. The van der Waals surface area contributed by atoms with Gasteiger partial charge >= 0.3 is 5.97 Å². The van der Waals surface area contributed by atoms with E-state index < -0.39 is 5.97 Å². The molecule has 0 unspecified atom stereocenters. The van der Waals surface area contributed by atoms with E-state index in [0.29, 0.717) is 22.0 Å². The number of phenolic OH excluding ortho intramolecular Hbond substituents is 1. The number of hydrogen-bond donors (Lipinski definition) is 3. The summed E-state index contributed by atoms with van der Waals surface area (Å²) in [6.07, 6.45) is 6.74. The van der Waals surface area contributed by atoms with Crippen molar-refractivity contribution in [3.63, 3.8) is 0 Å². The highest BCUT2D eigenvalue weighted by atomic mass is 35.5. The van der Waals surface area contributed by atoms with Gasteiger partial charge in [-0.25, -0.2) is 4.79 Å². The summed E-state index contributed by atoms with van der Waals surface area (Å²) in [6, 6.07) is 4.78. The lowest BCUT2D eigenvalue weighted by Gasteiger charge is -2.27. The number of hydrogen-bond acceptors (Lipinski definition) is 4. The molecule has 1 aliphatic heterocycles. The first kappa shape index (κ1) is 16.7. The van der Waals surface area contributed by atoms with Crippen molar-refractivity contribution >= 4 is 17.6 Å². The monoisotopic (exact) mass is 332 g/mol. The number of aliphatic carboxylic acids is 1. The number of aromatic hydroxyl groups is 1. The quantitative estimate of drug-likeness (QED) is 0.771. The number of nitrogens with zero attached hydrogens (tertiary/aromatic N) is 1. The summed E-state index contributed by atoms with van der Waals surface area (Å²) in [5.41, 5.74) is 1.67. The average molecular weight is 333 g/mol. The summed E-state index contributed by atoms with van der Waals surface area (Å²) in [4.78, 5) is 13.1. The fourth-order valence-corrected chi connectivity index (χ4v) is 2.34. The molecule has 1 heterocycles. The van der Waals surface area contributed by atoms with Gasteiger partial charge in [0.2, 0.25) is 0 Å². The van der Waals surface area contributed by atoms with Crippen molar-refractivity contribution in [1.29, 1.82) is 0 Å². The molecule has 23 heavy (non-hydrogen) atoms. The van der Waals surface area contributed by atoms with Crippen LogP contribution in [0.5, 0.6) is 5.75 Å². The van der Waals surface area contributed by atoms with Crippen LogP contribution in [0.15, 0.2) is 66.3 Å². The van der Waals surface area contributed by atoms with E-state index in [0.717, 1.165) is 0 Å². The first-order valence-electron chi connectivity index (χ1n) is 6.92. The Hall–Kier alpha value is -2.66. The standard InChI is InChI=1S/C17H17ClN2O3/c1-3-8-20-11(2)4-7-14(16(20)17(22)23)19-10-12-5-6-13(18)9-15(12)21/h3-9,19,21H,2,10H2,1H3,(H,22,23)/b8-3-. The lowest BCUT2D eigenvalue weighted by atomic mass is 10.1. The normalized spacial score (nSPS) is 14.7. The Balaban J connectivity index is 2.29. The molecule has 0 aromatic heterocycles. The number of benzene rings is 1. The second kappa shape index (κ2) is 7.07. The molecule has 0 bridgehead atoms. The predicted molar refractivity (Wildman–Crippen MR) is 89.6 cm³/mol. The van der Waals surface area contributed by atoms with Gasteiger partial charge in [0.1, 0.15) is 5.75 Å². The molecule has 0 fully saturated rings. The second-order valence-corrected chi connectivity index (χ2v) is 5.31. The van der Waals surface area contributed by atoms with Crippen LogP contribution in [-0.2, 0) is 11.3 Å². The Morgan fingerprint density at radius 3 is 2.78 bits per heavy atom. The van der Waals surface area contributed by atoms with Gasteiger partial charge in [0.05, 0.1) is 5.70 Å².